The maximum Gasteiger partial charge on any atom is 0.265 e. The molecule has 0 spiro atoms. The first-order valence-electron chi connectivity index (χ1n) is 7.19. The Labute approximate surface area is 130 Å². The van der Waals surface area contributed by atoms with Gasteiger partial charge in [0, 0.05) is 25.7 Å². The van der Waals surface area contributed by atoms with Crippen molar-refractivity contribution >= 4 is 17.5 Å². The van der Waals surface area contributed by atoms with Crippen LogP contribution in [0.4, 0.5) is 5.69 Å². The summed E-state index contributed by atoms with van der Waals surface area (Å²) in [5.41, 5.74) is 0.746. The average Bonchev–Trinajstić information content (AvgIpc) is 2.49. The van der Waals surface area contributed by atoms with Gasteiger partial charge in [0.05, 0.1) is 5.69 Å². The summed E-state index contributed by atoms with van der Waals surface area (Å²) in [6.45, 7) is 1.56. The first-order chi connectivity index (χ1) is 10.6. The van der Waals surface area contributed by atoms with Gasteiger partial charge in [0.25, 0.3) is 5.91 Å². The standard InChI is InChI=1S/C16H21N3O3/c1-18(2)10-5-8-15(20)17-9-11-19-13-6-3-4-7-14(13)22-12-16(19)21/h3-8H,9-12H2,1-2H3,(H,17,20)/b8-5+. The zero-order valence-corrected chi connectivity index (χ0v) is 12.9. The minimum Gasteiger partial charge on any atom is -0.482 e. The first kappa shape index (κ1) is 16.0. The predicted molar refractivity (Wildman–Crippen MR) is 85.0 cm³/mol. The van der Waals surface area contributed by atoms with Crippen molar-refractivity contribution in [2.75, 3.05) is 45.2 Å². The van der Waals surface area contributed by atoms with E-state index in [0.29, 0.717) is 25.4 Å². The molecule has 0 bridgehead atoms. The average molecular weight is 303 g/mol. The van der Waals surface area contributed by atoms with Crippen molar-refractivity contribution in [1.29, 1.82) is 0 Å². The highest BCUT2D eigenvalue weighted by Gasteiger charge is 2.24. The number of fused-ring (bicyclic) bond motifs is 1. The second-order valence-electron chi connectivity index (χ2n) is 5.26. The first-order valence-corrected chi connectivity index (χ1v) is 7.19. The predicted octanol–water partition coefficient (Wildman–Crippen LogP) is 0.646. The van der Waals surface area contributed by atoms with Crippen molar-refractivity contribution in [3.63, 3.8) is 0 Å². The fourth-order valence-corrected chi connectivity index (χ4v) is 2.12. The third-order valence-corrected chi connectivity index (χ3v) is 3.18. The van der Waals surface area contributed by atoms with Crippen LogP contribution < -0.4 is 15.0 Å². The van der Waals surface area contributed by atoms with Crippen LogP contribution in [0.3, 0.4) is 0 Å². The van der Waals surface area contributed by atoms with E-state index in [4.69, 9.17) is 4.74 Å². The van der Waals surface area contributed by atoms with Crippen molar-refractivity contribution in [3.8, 4) is 5.75 Å². The van der Waals surface area contributed by atoms with Gasteiger partial charge in [0.1, 0.15) is 5.75 Å². The molecule has 0 saturated heterocycles. The highest BCUT2D eigenvalue weighted by Crippen LogP contribution is 2.30. The van der Waals surface area contributed by atoms with Gasteiger partial charge in [-0.25, -0.2) is 0 Å². The fraction of sp³-hybridized carbons (Fsp3) is 0.375. The van der Waals surface area contributed by atoms with E-state index in [1.165, 1.54) is 6.08 Å². The molecule has 0 radical (unpaired) electrons. The van der Waals surface area contributed by atoms with Crippen molar-refractivity contribution in [3.05, 3.63) is 36.4 Å². The largest absolute Gasteiger partial charge is 0.482 e. The molecule has 0 unspecified atom stereocenters. The molecule has 22 heavy (non-hydrogen) atoms. The van der Waals surface area contributed by atoms with Crippen molar-refractivity contribution < 1.29 is 14.3 Å². The van der Waals surface area contributed by atoms with Crippen LogP contribution in [0.5, 0.6) is 5.75 Å². The van der Waals surface area contributed by atoms with E-state index < -0.39 is 0 Å². The molecule has 1 aliphatic heterocycles. The fourth-order valence-electron chi connectivity index (χ4n) is 2.12. The Balaban J connectivity index is 1.85. The number of carbonyl (C=O) groups excluding carboxylic acids is 2. The van der Waals surface area contributed by atoms with Gasteiger partial charge in [-0.05, 0) is 26.2 Å². The quantitative estimate of drug-likeness (QED) is 0.784. The third kappa shape index (κ3) is 4.33. The molecule has 1 N–H and O–H groups in total. The van der Waals surface area contributed by atoms with E-state index in [1.54, 1.807) is 11.0 Å². The Morgan fingerprint density at radius 2 is 2.18 bits per heavy atom. The molecule has 6 heteroatoms. The topological polar surface area (TPSA) is 61.9 Å². The lowest BCUT2D eigenvalue weighted by atomic mass is 10.2. The monoisotopic (exact) mass is 303 g/mol. The van der Waals surface area contributed by atoms with Gasteiger partial charge in [-0.3, -0.25) is 9.59 Å². The highest BCUT2D eigenvalue weighted by atomic mass is 16.5. The molecule has 1 aliphatic rings. The van der Waals surface area contributed by atoms with E-state index in [2.05, 4.69) is 5.32 Å². The number of benzene rings is 1. The molecule has 0 atom stereocenters. The smallest absolute Gasteiger partial charge is 0.265 e. The normalized spacial score (nSPS) is 14.1. The Morgan fingerprint density at radius 3 is 2.95 bits per heavy atom. The summed E-state index contributed by atoms with van der Waals surface area (Å²) >= 11 is 0. The van der Waals surface area contributed by atoms with E-state index in [-0.39, 0.29) is 18.4 Å². The molecule has 0 saturated carbocycles. The Hall–Kier alpha value is -2.34. The Morgan fingerprint density at radius 1 is 1.41 bits per heavy atom. The summed E-state index contributed by atoms with van der Waals surface area (Å²) in [5, 5.41) is 2.78. The van der Waals surface area contributed by atoms with Crippen LogP contribution in [-0.2, 0) is 9.59 Å². The SMILES string of the molecule is CN(C)C/C=C/C(=O)NCCN1C(=O)COc2ccccc21. The van der Waals surface area contributed by atoms with Crippen LogP contribution in [0.15, 0.2) is 36.4 Å². The number of ether oxygens (including phenoxy) is 1. The highest BCUT2D eigenvalue weighted by molar-refractivity contribution is 5.97. The molecule has 2 amide bonds. The maximum atomic E-state index is 11.9. The van der Waals surface area contributed by atoms with Gasteiger partial charge < -0.3 is 19.9 Å². The summed E-state index contributed by atoms with van der Waals surface area (Å²) in [6, 6.07) is 7.39. The zero-order valence-electron chi connectivity index (χ0n) is 12.9. The van der Waals surface area contributed by atoms with Gasteiger partial charge in [0.15, 0.2) is 6.61 Å². The van der Waals surface area contributed by atoms with E-state index in [9.17, 15) is 9.59 Å². The Kier molecular flexibility index (Phi) is 5.55. The second kappa shape index (κ2) is 7.61. The Bertz CT molecular complexity index is 570. The van der Waals surface area contributed by atoms with E-state index in [0.717, 1.165) is 5.69 Å². The number of likely N-dealkylation sites (N-methyl/N-ethyl adjacent to an activating group) is 1. The molecule has 1 aromatic carbocycles. The molecular weight excluding hydrogens is 282 g/mol. The van der Waals surface area contributed by atoms with Crippen LogP contribution in [-0.4, -0.2) is 57.1 Å². The van der Waals surface area contributed by atoms with Crippen molar-refractivity contribution in [2.45, 2.75) is 0 Å². The van der Waals surface area contributed by atoms with Gasteiger partial charge in [-0.1, -0.05) is 18.2 Å². The molecule has 118 valence electrons. The summed E-state index contributed by atoms with van der Waals surface area (Å²) in [7, 11) is 3.87. The molecule has 6 nitrogen and oxygen atoms in total. The molecule has 2 rings (SSSR count). The molecule has 1 aromatic rings. The van der Waals surface area contributed by atoms with Crippen LogP contribution in [0.2, 0.25) is 0 Å². The maximum absolute atomic E-state index is 11.9. The number of para-hydroxylation sites is 2. The molecule has 1 heterocycles. The minimum absolute atomic E-state index is 0.0354. The van der Waals surface area contributed by atoms with Gasteiger partial charge >= 0.3 is 0 Å². The van der Waals surface area contributed by atoms with Gasteiger partial charge in [-0.15, -0.1) is 0 Å². The number of nitrogens with one attached hydrogen (secondary N) is 1. The summed E-state index contributed by atoms with van der Waals surface area (Å²) in [6.07, 6.45) is 3.31. The molecular formula is C16H21N3O3. The number of nitrogens with zero attached hydrogens (tertiary/aromatic N) is 2. The molecule has 0 fully saturated rings. The van der Waals surface area contributed by atoms with Crippen LogP contribution in [0.1, 0.15) is 0 Å². The molecule has 0 aromatic heterocycles. The van der Waals surface area contributed by atoms with E-state index in [1.807, 2.05) is 43.3 Å². The van der Waals surface area contributed by atoms with Gasteiger partial charge in [0.2, 0.25) is 5.91 Å². The lowest BCUT2D eigenvalue weighted by Gasteiger charge is -2.29. The number of hydrogen-bond donors (Lipinski definition) is 1. The number of hydrogen-bond acceptors (Lipinski definition) is 4. The zero-order chi connectivity index (χ0) is 15.9. The molecule has 0 aliphatic carbocycles. The minimum atomic E-state index is -0.157. The van der Waals surface area contributed by atoms with Crippen molar-refractivity contribution in [1.82, 2.24) is 10.2 Å². The summed E-state index contributed by atoms with van der Waals surface area (Å²) < 4.78 is 5.37. The number of carbonyl (C=O) groups is 2. The number of amides is 2. The second-order valence-corrected chi connectivity index (χ2v) is 5.26. The lowest BCUT2D eigenvalue weighted by molar-refractivity contribution is -0.121. The van der Waals surface area contributed by atoms with Crippen LogP contribution in [0, 0.1) is 0 Å². The van der Waals surface area contributed by atoms with Gasteiger partial charge in [-0.2, -0.15) is 0 Å². The number of rotatable bonds is 6. The van der Waals surface area contributed by atoms with Crippen LogP contribution >= 0.6 is 0 Å². The van der Waals surface area contributed by atoms with E-state index >= 15 is 0 Å². The lowest BCUT2D eigenvalue weighted by Crippen LogP contribution is -2.43. The van der Waals surface area contributed by atoms with Crippen molar-refractivity contribution in [2.24, 2.45) is 0 Å². The summed E-state index contributed by atoms with van der Waals surface area (Å²) in [4.78, 5) is 27.2. The summed E-state index contributed by atoms with van der Waals surface area (Å²) in [5.74, 6) is 0.436. The third-order valence-electron chi connectivity index (χ3n) is 3.18. The number of anilines is 1. The van der Waals surface area contributed by atoms with Crippen LogP contribution in [0.25, 0.3) is 0 Å².